The topological polar surface area (TPSA) is 72.1 Å². The third-order valence-corrected chi connectivity index (χ3v) is 3.63. The predicted molar refractivity (Wildman–Crippen MR) is 74.8 cm³/mol. The van der Waals surface area contributed by atoms with Crippen LogP contribution in [0.25, 0.3) is 0 Å². The molecular weight excluding hydrogens is 240 g/mol. The van der Waals surface area contributed by atoms with E-state index in [9.17, 15) is 4.79 Å². The molecule has 0 spiro atoms. The highest BCUT2D eigenvalue weighted by atomic mass is 16.2. The Morgan fingerprint density at radius 1 is 1.42 bits per heavy atom. The van der Waals surface area contributed by atoms with Crippen molar-refractivity contribution in [2.24, 2.45) is 5.92 Å². The molecule has 0 aromatic carbocycles. The minimum atomic E-state index is -0.0614. The van der Waals surface area contributed by atoms with Crippen molar-refractivity contribution < 1.29 is 4.79 Å². The van der Waals surface area contributed by atoms with Crippen LogP contribution in [0, 0.1) is 5.92 Å². The lowest BCUT2D eigenvalue weighted by molar-refractivity contribution is 0.0692. The Morgan fingerprint density at radius 2 is 2.05 bits per heavy atom. The van der Waals surface area contributed by atoms with Crippen LogP contribution in [-0.2, 0) is 0 Å². The van der Waals surface area contributed by atoms with E-state index in [1.54, 1.807) is 6.20 Å². The third-order valence-electron chi connectivity index (χ3n) is 3.63. The second-order valence-corrected chi connectivity index (χ2v) is 5.66. The number of carbonyl (C=O) groups is 1. The summed E-state index contributed by atoms with van der Waals surface area (Å²) in [5.41, 5.74) is 6.58. The second-order valence-electron chi connectivity index (χ2n) is 5.66. The number of carbonyl (C=O) groups excluding carboxylic acids is 1. The van der Waals surface area contributed by atoms with Crippen LogP contribution in [0.15, 0.2) is 6.20 Å². The summed E-state index contributed by atoms with van der Waals surface area (Å²) in [4.78, 5) is 22.8. The van der Waals surface area contributed by atoms with Crippen LogP contribution in [0.3, 0.4) is 0 Å². The van der Waals surface area contributed by atoms with E-state index < -0.39 is 0 Å². The van der Waals surface area contributed by atoms with Crippen LogP contribution in [0.4, 0.5) is 5.69 Å². The molecule has 1 aliphatic heterocycles. The van der Waals surface area contributed by atoms with Gasteiger partial charge in [0, 0.05) is 19.0 Å². The quantitative estimate of drug-likeness (QED) is 0.885. The zero-order chi connectivity index (χ0) is 14.0. The molecule has 5 nitrogen and oxygen atoms in total. The van der Waals surface area contributed by atoms with Crippen molar-refractivity contribution in [2.45, 2.75) is 39.5 Å². The Morgan fingerprint density at radius 3 is 2.63 bits per heavy atom. The summed E-state index contributed by atoms with van der Waals surface area (Å²) in [7, 11) is 0. The van der Waals surface area contributed by atoms with E-state index in [0.717, 1.165) is 25.9 Å². The second kappa shape index (κ2) is 5.55. The van der Waals surface area contributed by atoms with Gasteiger partial charge in [0.05, 0.1) is 11.9 Å². The molecule has 0 atom stereocenters. The molecule has 5 heteroatoms. The maximum Gasteiger partial charge on any atom is 0.274 e. The third kappa shape index (κ3) is 3.03. The Labute approximate surface area is 114 Å². The van der Waals surface area contributed by atoms with Crippen molar-refractivity contribution in [1.82, 2.24) is 14.9 Å². The zero-order valence-electron chi connectivity index (χ0n) is 11.9. The molecule has 0 saturated carbocycles. The number of piperidine rings is 1. The van der Waals surface area contributed by atoms with Crippen LogP contribution in [0.2, 0.25) is 0 Å². The molecule has 0 radical (unpaired) electrons. The van der Waals surface area contributed by atoms with Gasteiger partial charge in [-0.1, -0.05) is 20.8 Å². The molecule has 104 valence electrons. The van der Waals surface area contributed by atoms with E-state index in [-0.39, 0.29) is 11.8 Å². The summed E-state index contributed by atoms with van der Waals surface area (Å²) in [5.74, 6) is 1.49. The molecule has 0 bridgehead atoms. The minimum Gasteiger partial charge on any atom is -0.396 e. The molecule has 19 heavy (non-hydrogen) atoms. The van der Waals surface area contributed by atoms with Gasteiger partial charge in [-0.3, -0.25) is 4.79 Å². The summed E-state index contributed by atoms with van der Waals surface area (Å²) in [5, 5.41) is 0. The fourth-order valence-corrected chi connectivity index (χ4v) is 2.22. The molecule has 2 N–H and O–H groups in total. The monoisotopic (exact) mass is 262 g/mol. The summed E-state index contributed by atoms with van der Waals surface area (Å²) in [6, 6.07) is 0. The van der Waals surface area contributed by atoms with Gasteiger partial charge in [-0.25, -0.2) is 9.97 Å². The summed E-state index contributed by atoms with van der Waals surface area (Å²) in [6.45, 7) is 7.81. The molecule has 1 aliphatic rings. The van der Waals surface area contributed by atoms with E-state index in [0.29, 0.717) is 23.1 Å². The lowest BCUT2D eigenvalue weighted by atomic mass is 9.99. The maximum absolute atomic E-state index is 12.5. The van der Waals surface area contributed by atoms with Crippen molar-refractivity contribution in [1.29, 1.82) is 0 Å². The molecule has 0 aliphatic carbocycles. The van der Waals surface area contributed by atoms with Gasteiger partial charge in [-0.15, -0.1) is 0 Å². The first-order chi connectivity index (χ1) is 8.99. The smallest absolute Gasteiger partial charge is 0.274 e. The number of rotatable bonds is 2. The first-order valence-corrected chi connectivity index (χ1v) is 6.90. The number of nitrogens with zero attached hydrogens (tertiary/aromatic N) is 3. The van der Waals surface area contributed by atoms with Gasteiger partial charge in [-0.2, -0.15) is 0 Å². The molecule has 1 fully saturated rings. The summed E-state index contributed by atoms with van der Waals surface area (Å²) >= 11 is 0. The number of hydrogen-bond acceptors (Lipinski definition) is 4. The van der Waals surface area contributed by atoms with Crippen molar-refractivity contribution in [3.63, 3.8) is 0 Å². The Balaban J connectivity index is 2.20. The number of aromatic nitrogens is 2. The number of anilines is 1. The van der Waals surface area contributed by atoms with Gasteiger partial charge < -0.3 is 10.6 Å². The lowest BCUT2D eigenvalue weighted by Crippen LogP contribution is -2.38. The highest BCUT2D eigenvalue weighted by Gasteiger charge is 2.24. The fraction of sp³-hybridized carbons (Fsp3) is 0.643. The van der Waals surface area contributed by atoms with Crippen molar-refractivity contribution >= 4 is 11.6 Å². The molecule has 1 amide bonds. The lowest BCUT2D eigenvalue weighted by Gasteiger charge is -2.30. The molecule has 0 unspecified atom stereocenters. The maximum atomic E-state index is 12.5. The number of nitrogen functional groups attached to an aromatic ring is 1. The number of hydrogen-bond donors (Lipinski definition) is 1. The highest BCUT2D eigenvalue weighted by molar-refractivity contribution is 5.97. The largest absolute Gasteiger partial charge is 0.396 e. The van der Waals surface area contributed by atoms with Gasteiger partial charge in [-0.05, 0) is 18.8 Å². The number of nitrogens with two attached hydrogens (primary N) is 1. The number of likely N-dealkylation sites (tertiary alicyclic amines) is 1. The first kappa shape index (κ1) is 13.8. The van der Waals surface area contributed by atoms with Crippen LogP contribution < -0.4 is 5.73 Å². The van der Waals surface area contributed by atoms with Crippen LogP contribution in [0.5, 0.6) is 0 Å². The van der Waals surface area contributed by atoms with Crippen LogP contribution >= 0.6 is 0 Å². The molecular formula is C14H22N4O. The summed E-state index contributed by atoms with van der Waals surface area (Å²) < 4.78 is 0. The van der Waals surface area contributed by atoms with E-state index in [1.165, 1.54) is 0 Å². The first-order valence-electron chi connectivity index (χ1n) is 6.90. The van der Waals surface area contributed by atoms with E-state index in [1.807, 2.05) is 18.7 Å². The highest BCUT2D eigenvalue weighted by Crippen LogP contribution is 2.20. The fourth-order valence-electron chi connectivity index (χ4n) is 2.22. The van der Waals surface area contributed by atoms with E-state index in [2.05, 4.69) is 16.9 Å². The molecule has 2 heterocycles. The van der Waals surface area contributed by atoms with Crippen molar-refractivity contribution in [3.8, 4) is 0 Å². The van der Waals surface area contributed by atoms with Gasteiger partial charge in [0.2, 0.25) is 0 Å². The normalized spacial score (nSPS) is 16.9. The van der Waals surface area contributed by atoms with Gasteiger partial charge >= 0.3 is 0 Å². The Kier molecular flexibility index (Phi) is 4.02. The minimum absolute atomic E-state index is 0.0614. The molecule has 2 rings (SSSR count). The van der Waals surface area contributed by atoms with Gasteiger partial charge in [0.1, 0.15) is 5.82 Å². The van der Waals surface area contributed by atoms with Crippen LogP contribution in [-0.4, -0.2) is 33.9 Å². The predicted octanol–water partition coefficient (Wildman–Crippen LogP) is 2.05. The van der Waals surface area contributed by atoms with E-state index >= 15 is 0 Å². The molecule has 1 aromatic rings. The summed E-state index contributed by atoms with van der Waals surface area (Å²) in [6.07, 6.45) is 3.64. The van der Waals surface area contributed by atoms with E-state index in [4.69, 9.17) is 5.73 Å². The Hall–Kier alpha value is -1.65. The van der Waals surface area contributed by atoms with Crippen molar-refractivity contribution in [2.75, 3.05) is 18.8 Å². The van der Waals surface area contributed by atoms with Crippen molar-refractivity contribution in [3.05, 3.63) is 17.7 Å². The molecule has 1 saturated heterocycles. The van der Waals surface area contributed by atoms with Gasteiger partial charge in [0.15, 0.2) is 5.69 Å². The van der Waals surface area contributed by atoms with Gasteiger partial charge in [0.25, 0.3) is 5.91 Å². The SMILES string of the molecule is CC1CCN(C(=O)c2nc(C(C)C)ncc2N)CC1. The zero-order valence-corrected chi connectivity index (χ0v) is 11.9. The number of amides is 1. The average Bonchev–Trinajstić information content (AvgIpc) is 2.39. The Bertz CT molecular complexity index is 465. The average molecular weight is 262 g/mol. The van der Waals surface area contributed by atoms with Crippen LogP contribution in [0.1, 0.15) is 55.8 Å². The molecule has 1 aromatic heterocycles. The standard InChI is InChI=1S/C14H22N4O/c1-9(2)13-16-8-11(15)12(17-13)14(19)18-6-4-10(3)5-7-18/h8-10H,4-7,15H2,1-3H3.